The second-order valence-corrected chi connectivity index (χ2v) is 12.1. The van der Waals surface area contributed by atoms with Crippen LogP contribution in [0.25, 0.3) is 17.0 Å². The first-order chi connectivity index (χ1) is 18.0. The zero-order valence-corrected chi connectivity index (χ0v) is 22.1. The van der Waals surface area contributed by atoms with Gasteiger partial charge in [0, 0.05) is 78.5 Å². The highest BCUT2D eigenvalue weighted by Crippen LogP contribution is 2.59. The van der Waals surface area contributed by atoms with Crippen molar-refractivity contribution in [2.24, 2.45) is 17.3 Å². The summed E-state index contributed by atoms with van der Waals surface area (Å²) in [6.45, 7) is 13.6. The van der Waals surface area contributed by atoms with Gasteiger partial charge in [0.25, 0.3) is 0 Å². The van der Waals surface area contributed by atoms with Crippen molar-refractivity contribution in [1.29, 1.82) is 0 Å². The molecule has 0 bridgehead atoms. The fourth-order valence-electron chi connectivity index (χ4n) is 6.58. The Morgan fingerprint density at radius 1 is 1.14 bits per heavy atom. The summed E-state index contributed by atoms with van der Waals surface area (Å²) >= 11 is 1.78. The molecule has 1 N–H and O–H groups in total. The van der Waals surface area contributed by atoms with E-state index in [4.69, 9.17) is 4.98 Å². The number of thiophene rings is 1. The lowest BCUT2D eigenvalue weighted by Gasteiger charge is -2.30. The van der Waals surface area contributed by atoms with Crippen LogP contribution < -0.4 is 5.32 Å². The predicted octanol–water partition coefficient (Wildman–Crippen LogP) is 6.33. The third kappa shape index (κ3) is 3.77. The normalized spacial score (nSPS) is 28.4. The summed E-state index contributed by atoms with van der Waals surface area (Å²) in [7, 11) is 0. The van der Waals surface area contributed by atoms with Crippen LogP contribution in [-0.4, -0.2) is 38.0 Å². The van der Waals surface area contributed by atoms with E-state index in [1.54, 1.807) is 11.3 Å². The van der Waals surface area contributed by atoms with Gasteiger partial charge < -0.3 is 19.2 Å². The van der Waals surface area contributed by atoms with Gasteiger partial charge in [0.1, 0.15) is 5.65 Å². The molecule has 6 heteroatoms. The molecule has 4 aromatic heterocycles. The second kappa shape index (κ2) is 8.52. The SMILES string of the molecule is C=C(NC1C2CN(C(=C)c3sccc3-n3cccc3)C[C@]21C)C1CC=CC(c2cn3ccccc3n2)C1. The Labute approximate surface area is 222 Å². The van der Waals surface area contributed by atoms with Gasteiger partial charge in [-0.25, -0.2) is 4.98 Å². The Bertz CT molecular complexity index is 1470. The Morgan fingerprint density at radius 3 is 2.76 bits per heavy atom. The summed E-state index contributed by atoms with van der Waals surface area (Å²) in [5.74, 6) is 1.40. The van der Waals surface area contributed by atoms with E-state index in [-0.39, 0.29) is 5.41 Å². The van der Waals surface area contributed by atoms with E-state index in [0.29, 0.717) is 23.8 Å². The summed E-state index contributed by atoms with van der Waals surface area (Å²) in [5, 5.41) is 6.05. The summed E-state index contributed by atoms with van der Waals surface area (Å²) < 4.78 is 4.30. The average Bonchev–Trinajstić information content (AvgIpc) is 3.59. The van der Waals surface area contributed by atoms with Crippen molar-refractivity contribution in [2.75, 3.05) is 13.1 Å². The molecule has 0 amide bonds. The second-order valence-electron chi connectivity index (χ2n) is 11.1. The number of likely N-dealkylation sites (tertiary alicyclic amines) is 1. The number of nitrogens with one attached hydrogen (secondary N) is 1. The molecule has 5 atom stereocenters. The first-order valence-electron chi connectivity index (χ1n) is 13.2. The smallest absolute Gasteiger partial charge is 0.136 e. The van der Waals surface area contributed by atoms with Crippen molar-refractivity contribution < 1.29 is 0 Å². The first-order valence-corrected chi connectivity index (χ1v) is 14.1. The zero-order valence-electron chi connectivity index (χ0n) is 21.3. The summed E-state index contributed by atoms with van der Waals surface area (Å²) in [6.07, 6.45) is 15.2. The largest absolute Gasteiger partial charge is 0.385 e. The van der Waals surface area contributed by atoms with Gasteiger partial charge in [0.05, 0.1) is 16.3 Å². The highest BCUT2D eigenvalue weighted by atomic mass is 32.1. The Hall–Kier alpha value is -3.51. The molecule has 4 aromatic rings. The van der Waals surface area contributed by atoms with Crippen molar-refractivity contribution in [1.82, 2.24) is 24.2 Å². The number of pyridine rings is 1. The molecule has 5 heterocycles. The molecular formula is C31H33N5S. The minimum Gasteiger partial charge on any atom is -0.385 e. The Kier molecular flexibility index (Phi) is 5.22. The molecule has 0 radical (unpaired) electrons. The maximum Gasteiger partial charge on any atom is 0.136 e. The fourth-order valence-corrected chi connectivity index (χ4v) is 7.47. The summed E-state index contributed by atoms with van der Waals surface area (Å²) in [6, 6.07) is 13.0. The molecule has 7 rings (SSSR count). The number of nitrogens with zero attached hydrogens (tertiary/aromatic N) is 4. The van der Waals surface area contributed by atoms with E-state index in [1.165, 1.54) is 16.3 Å². The molecule has 5 nitrogen and oxygen atoms in total. The first kappa shape index (κ1) is 22.7. The van der Waals surface area contributed by atoms with Crippen molar-refractivity contribution >= 4 is 22.7 Å². The number of aromatic nitrogens is 3. The van der Waals surface area contributed by atoms with Gasteiger partial charge in [0.2, 0.25) is 0 Å². The van der Waals surface area contributed by atoms with Crippen LogP contribution in [0.2, 0.25) is 0 Å². The van der Waals surface area contributed by atoms with Crippen LogP contribution in [0.5, 0.6) is 0 Å². The number of fused-ring (bicyclic) bond motifs is 2. The lowest BCUT2D eigenvalue weighted by Crippen LogP contribution is -2.34. The van der Waals surface area contributed by atoms with Crippen LogP contribution in [0.1, 0.15) is 36.3 Å². The lowest BCUT2D eigenvalue weighted by atomic mass is 9.83. The molecule has 1 aliphatic heterocycles. The van der Waals surface area contributed by atoms with Gasteiger partial charge in [-0.1, -0.05) is 38.3 Å². The van der Waals surface area contributed by atoms with Gasteiger partial charge in [0.15, 0.2) is 0 Å². The molecule has 2 aliphatic carbocycles. The summed E-state index contributed by atoms with van der Waals surface area (Å²) in [5.41, 5.74) is 5.99. The molecular weight excluding hydrogens is 474 g/mol. The third-order valence-electron chi connectivity index (χ3n) is 8.89. The molecule has 4 unspecified atom stereocenters. The number of rotatable bonds is 7. The maximum absolute atomic E-state index is 4.88. The monoisotopic (exact) mass is 507 g/mol. The Balaban J connectivity index is 0.986. The number of allylic oxidation sites excluding steroid dienone is 3. The van der Waals surface area contributed by atoms with E-state index in [9.17, 15) is 0 Å². The van der Waals surface area contributed by atoms with Crippen LogP contribution in [0.4, 0.5) is 0 Å². The van der Waals surface area contributed by atoms with Crippen molar-refractivity contribution in [3.05, 3.63) is 108 Å². The van der Waals surface area contributed by atoms with Gasteiger partial charge in [-0.2, -0.15) is 0 Å². The Morgan fingerprint density at radius 2 is 1.97 bits per heavy atom. The highest BCUT2D eigenvalue weighted by molar-refractivity contribution is 7.11. The minimum absolute atomic E-state index is 0.266. The predicted molar refractivity (Wildman–Crippen MR) is 152 cm³/mol. The van der Waals surface area contributed by atoms with E-state index in [2.05, 4.69) is 112 Å². The number of imidazole rings is 1. The maximum atomic E-state index is 4.88. The minimum atomic E-state index is 0.266. The van der Waals surface area contributed by atoms with Crippen molar-refractivity contribution in [3.63, 3.8) is 0 Å². The number of piperidine rings is 1. The summed E-state index contributed by atoms with van der Waals surface area (Å²) in [4.78, 5) is 8.64. The molecule has 1 saturated carbocycles. The molecule has 2 fully saturated rings. The molecule has 1 saturated heterocycles. The van der Waals surface area contributed by atoms with Gasteiger partial charge in [-0.15, -0.1) is 11.3 Å². The van der Waals surface area contributed by atoms with Gasteiger partial charge >= 0.3 is 0 Å². The number of hydrogen-bond acceptors (Lipinski definition) is 4. The molecule has 37 heavy (non-hydrogen) atoms. The highest BCUT2D eigenvalue weighted by Gasteiger charge is 2.66. The van der Waals surface area contributed by atoms with Crippen LogP contribution in [0, 0.1) is 17.3 Å². The van der Waals surface area contributed by atoms with Crippen LogP contribution in [0.3, 0.4) is 0 Å². The number of hydrogen-bond donors (Lipinski definition) is 1. The molecule has 188 valence electrons. The molecule has 0 spiro atoms. The van der Waals surface area contributed by atoms with Crippen molar-refractivity contribution in [3.8, 4) is 5.69 Å². The average molecular weight is 508 g/mol. The standard InChI is InChI=1S/C31H33N5S/c1-21(23-9-8-10-24(17-23)26-19-35-15-5-4-11-28(35)33-26)32-30-25-18-36(20-31(25,30)3)22(2)29-27(12-16-37-29)34-13-6-7-14-34/h4-8,10-16,19,23-25,30,32H,1-2,9,17-18,20H2,3H3/t23?,24?,25?,30?,31-/m1/s1. The topological polar surface area (TPSA) is 37.5 Å². The van der Waals surface area contributed by atoms with Gasteiger partial charge in [-0.3, -0.25) is 0 Å². The quantitative estimate of drug-likeness (QED) is 0.297. The zero-order chi connectivity index (χ0) is 25.1. The van der Waals surface area contributed by atoms with Crippen LogP contribution in [0.15, 0.2) is 97.6 Å². The fraction of sp³-hybridized carbons (Fsp3) is 0.323. The molecule has 0 aromatic carbocycles. The van der Waals surface area contributed by atoms with Gasteiger partial charge in [-0.05, 0) is 48.6 Å². The van der Waals surface area contributed by atoms with E-state index in [0.717, 1.165) is 43.0 Å². The van der Waals surface area contributed by atoms with Crippen LogP contribution in [-0.2, 0) is 0 Å². The third-order valence-corrected chi connectivity index (χ3v) is 9.85. The van der Waals surface area contributed by atoms with E-state index < -0.39 is 0 Å². The van der Waals surface area contributed by atoms with E-state index >= 15 is 0 Å². The lowest BCUT2D eigenvalue weighted by molar-refractivity contribution is 0.363. The van der Waals surface area contributed by atoms with Crippen LogP contribution >= 0.6 is 11.3 Å². The van der Waals surface area contributed by atoms with E-state index in [1.807, 2.05) is 6.07 Å². The molecule has 3 aliphatic rings. The van der Waals surface area contributed by atoms with Crippen molar-refractivity contribution in [2.45, 2.75) is 31.7 Å².